The number of hydrogen-bond donors (Lipinski definition) is 0. The van der Waals surface area contributed by atoms with Gasteiger partial charge in [-0.1, -0.05) is 43.2 Å². The normalized spacial score (nSPS) is 23.9. The second kappa shape index (κ2) is 9.24. The van der Waals surface area contributed by atoms with Crippen molar-refractivity contribution in [3.63, 3.8) is 0 Å². The average molecular weight is 480 g/mol. The van der Waals surface area contributed by atoms with Gasteiger partial charge in [-0.15, -0.1) is 0 Å². The van der Waals surface area contributed by atoms with Gasteiger partial charge in [0.15, 0.2) is 5.79 Å². The Morgan fingerprint density at radius 1 is 0.714 bits per heavy atom. The van der Waals surface area contributed by atoms with Crippen LogP contribution >= 0.6 is 0 Å². The quantitative estimate of drug-likeness (QED) is 0.368. The van der Waals surface area contributed by atoms with E-state index in [9.17, 15) is 19.5 Å². The number of esters is 3. The smallest absolute Gasteiger partial charge is 0.348 e. The van der Waals surface area contributed by atoms with Gasteiger partial charge in [0.2, 0.25) is 0 Å². The van der Waals surface area contributed by atoms with E-state index in [1.54, 1.807) is 30.3 Å². The molecule has 2 saturated carbocycles. The van der Waals surface area contributed by atoms with Gasteiger partial charge < -0.3 is 24.1 Å². The van der Waals surface area contributed by atoms with Crippen LogP contribution in [-0.2, 0) is 33.3 Å². The number of benzene rings is 1. The minimum Gasteiger partial charge on any atom is -0.574 e. The van der Waals surface area contributed by atoms with Gasteiger partial charge in [-0.25, -0.2) is 14.4 Å². The molecule has 1 aromatic rings. The molecule has 8 nitrogen and oxygen atoms in total. The van der Waals surface area contributed by atoms with Crippen molar-refractivity contribution in [3.8, 4) is 0 Å². The number of hydrogen-bond acceptors (Lipinski definition) is 8. The van der Waals surface area contributed by atoms with Crippen LogP contribution in [0.4, 0.5) is 0 Å². The monoisotopic (exact) mass is 479 g/mol. The van der Waals surface area contributed by atoms with Gasteiger partial charge in [0, 0.05) is 12.8 Å². The van der Waals surface area contributed by atoms with Crippen LogP contribution in [0.15, 0.2) is 59.6 Å². The Kier molecular flexibility index (Phi) is 6.13. The molecular formula is C27H27O8-. The molecule has 2 heterocycles. The maximum Gasteiger partial charge on any atom is 0.348 e. The van der Waals surface area contributed by atoms with Gasteiger partial charge in [-0.2, -0.15) is 0 Å². The highest BCUT2D eigenvalue weighted by atomic mass is 16.8. The lowest BCUT2D eigenvalue weighted by atomic mass is 9.92. The minimum atomic E-state index is -1.21. The second-order valence-corrected chi connectivity index (χ2v) is 9.44. The lowest BCUT2D eigenvalue weighted by Gasteiger charge is -2.46. The standard InChI is InChI=1S/C27H28O8/c28-22-20(23(29)33-26(32-22)12-6-2-7-13-26)16-19(18-10-4-1-5-11-18)17-21-24(30)34-27(35-25(21)31)14-8-3-9-15-27/h1,4-5,10-11,16-17,28H,2-3,6-9,12-15H2/p-1. The van der Waals surface area contributed by atoms with Crippen LogP contribution in [0.5, 0.6) is 0 Å². The van der Waals surface area contributed by atoms with Crippen LogP contribution in [0.1, 0.15) is 69.8 Å². The van der Waals surface area contributed by atoms with E-state index in [4.69, 9.17) is 18.9 Å². The third-order valence-electron chi connectivity index (χ3n) is 6.93. The second-order valence-electron chi connectivity index (χ2n) is 9.44. The van der Waals surface area contributed by atoms with Crippen molar-refractivity contribution in [1.29, 1.82) is 0 Å². The van der Waals surface area contributed by atoms with Crippen molar-refractivity contribution in [1.82, 2.24) is 0 Å². The zero-order valence-electron chi connectivity index (χ0n) is 19.4. The summed E-state index contributed by atoms with van der Waals surface area (Å²) >= 11 is 0. The molecule has 2 aliphatic heterocycles. The van der Waals surface area contributed by atoms with Crippen molar-refractivity contribution >= 4 is 23.5 Å². The third-order valence-corrected chi connectivity index (χ3v) is 6.93. The Balaban J connectivity index is 1.50. The van der Waals surface area contributed by atoms with Gasteiger partial charge in [0.1, 0.15) is 5.57 Å². The molecule has 1 aromatic carbocycles. The van der Waals surface area contributed by atoms with Crippen LogP contribution < -0.4 is 5.11 Å². The Morgan fingerprint density at radius 2 is 1.23 bits per heavy atom. The number of ether oxygens (including phenoxy) is 4. The SMILES string of the molecule is O=C1OC2(CCCCC2)OC(=O)C1=CC(=CC1=C([O-])OC2(CCCCC2)OC1=O)c1ccccc1. The predicted octanol–water partition coefficient (Wildman–Crippen LogP) is 3.56. The maximum atomic E-state index is 12.9. The summed E-state index contributed by atoms with van der Waals surface area (Å²) in [6.07, 6.45) is 9.65. The average Bonchev–Trinajstić information content (AvgIpc) is 2.84. The van der Waals surface area contributed by atoms with E-state index in [-0.39, 0.29) is 16.7 Å². The number of rotatable bonds is 3. The molecule has 8 heteroatoms. The van der Waals surface area contributed by atoms with Crippen LogP contribution in [-0.4, -0.2) is 29.5 Å². The van der Waals surface area contributed by atoms with Crippen molar-refractivity contribution in [2.24, 2.45) is 0 Å². The first-order chi connectivity index (χ1) is 16.9. The Hall–Kier alpha value is -3.55. The topological polar surface area (TPSA) is 111 Å². The number of carbonyl (C=O) groups excluding carboxylic acids is 3. The van der Waals surface area contributed by atoms with E-state index in [1.807, 2.05) is 0 Å². The molecule has 4 aliphatic rings. The fourth-order valence-corrected chi connectivity index (χ4v) is 5.08. The van der Waals surface area contributed by atoms with Gasteiger partial charge in [0.05, 0.1) is 11.5 Å². The molecule has 184 valence electrons. The van der Waals surface area contributed by atoms with Crippen LogP contribution in [0.2, 0.25) is 0 Å². The summed E-state index contributed by atoms with van der Waals surface area (Å²) in [5.74, 6) is -5.56. The summed E-state index contributed by atoms with van der Waals surface area (Å²) in [7, 11) is 0. The molecule has 5 rings (SSSR count). The zero-order valence-corrected chi connectivity index (χ0v) is 19.4. The summed E-state index contributed by atoms with van der Waals surface area (Å²) in [6, 6.07) is 8.78. The molecule has 0 atom stereocenters. The lowest BCUT2D eigenvalue weighted by molar-refractivity contribution is -0.401. The third kappa shape index (κ3) is 4.70. The lowest BCUT2D eigenvalue weighted by Crippen LogP contribution is -2.47. The molecule has 0 aromatic heterocycles. The predicted molar refractivity (Wildman–Crippen MR) is 121 cm³/mol. The maximum absolute atomic E-state index is 12.9. The molecule has 0 bridgehead atoms. The summed E-state index contributed by atoms with van der Waals surface area (Å²) in [6.45, 7) is 0. The highest BCUT2D eigenvalue weighted by molar-refractivity contribution is 6.17. The first kappa shape index (κ1) is 23.2. The fourth-order valence-electron chi connectivity index (χ4n) is 5.08. The molecule has 2 spiro atoms. The van der Waals surface area contributed by atoms with Crippen molar-refractivity contribution in [2.45, 2.75) is 75.8 Å². The van der Waals surface area contributed by atoms with E-state index >= 15 is 0 Å². The van der Waals surface area contributed by atoms with Crippen molar-refractivity contribution in [2.75, 3.05) is 0 Å². The molecule has 0 unspecified atom stereocenters. The van der Waals surface area contributed by atoms with Crippen LogP contribution in [0, 0.1) is 0 Å². The molecule has 3 fully saturated rings. The summed E-state index contributed by atoms with van der Waals surface area (Å²) in [5.41, 5.74) is 0.235. The van der Waals surface area contributed by atoms with Gasteiger partial charge >= 0.3 is 17.9 Å². The highest BCUT2D eigenvalue weighted by Crippen LogP contribution is 2.40. The largest absolute Gasteiger partial charge is 0.574 e. The first-order valence-corrected chi connectivity index (χ1v) is 12.2. The molecule has 0 amide bonds. The Bertz CT molecular complexity index is 1090. The van der Waals surface area contributed by atoms with E-state index in [0.717, 1.165) is 38.5 Å². The number of carbonyl (C=O) groups is 3. The van der Waals surface area contributed by atoms with Crippen LogP contribution in [0.3, 0.4) is 0 Å². The molecule has 2 aliphatic carbocycles. The Morgan fingerprint density at radius 3 is 1.77 bits per heavy atom. The zero-order chi connectivity index (χ0) is 24.5. The first-order valence-electron chi connectivity index (χ1n) is 12.2. The summed E-state index contributed by atoms with van der Waals surface area (Å²) in [5, 5.41) is 12.9. The fraction of sp³-hybridized carbons (Fsp3) is 0.444. The number of allylic oxidation sites excluding steroid dienone is 2. The Labute approximate surface area is 203 Å². The van der Waals surface area contributed by atoms with Gasteiger partial charge in [-0.3, -0.25) is 0 Å². The summed E-state index contributed by atoms with van der Waals surface area (Å²) in [4.78, 5) is 38.6. The van der Waals surface area contributed by atoms with Crippen molar-refractivity contribution < 1.29 is 38.4 Å². The van der Waals surface area contributed by atoms with E-state index in [1.165, 1.54) is 12.2 Å². The van der Waals surface area contributed by atoms with E-state index < -0.39 is 35.4 Å². The molecule has 0 radical (unpaired) electrons. The highest BCUT2D eigenvalue weighted by Gasteiger charge is 2.46. The van der Waals surface area contributed by atoms with Gasteiger partial charge in [0.25, 0.3) is 5.79 Å². The molecule has 0 N–H and O–H groups in total. The molecule has 1 saturated heterocycles. The summed E-state index contributed by atoms with van der Waals surface area (Å²) < 4.78 is 22.3. The van der Waals surface area contributed by atoms with E-state index in [0.29, 0.717) is 31.2 Å². The van der Waals surface area contributed by atoms with Gasteiger partial charge in [-0.05, 0) is 61.8 Å². The van der Waals surface area contributed by atoms with E-state index in [2.05, 4.69) is 0 Å². The van der Waals surface area contributed by atoms with Crippen molar-refractivity contribution in [3.05, 3.63) is 65.1 Å². The molecule has 35 heavy (non-hydrogen) atoms. The van der Waals surface area contributed by atoms with Crippen LogP contribution in [0.25, 0.3) is 5.57 Å². The minimum absolute atomic E-state index is 0.276. The molecular weight excluding hydrogens is 452 g/mol.